The molecule has 1 saturated heterocycles. The Morgan fingerprint density at radius 1 is 1.10 bits per heavy atom. The zero-order valence-corrected chi connectivity index (χ0v) is 25.8. The van der Waals surface area contributed by atoms with Crippen molar-refractivity contribution in [2.75, 3.05) is 54.0 Å². The van der Waals surface area contributed by atoms with Crippen LogP contribution in [0.5, 0.6) is 5.75 Å². The van der Waals surface area contributed by atoms with E-state index in [9.17, 15) is 18.0 Å². The zero-order valence-electron chi connectivity index (χ0n) is 25.0. The molecule has 1 aliphatic rings. The molecule has 0 aliphatic carbocycles. The Bertz CT molecular complexity index is 1300. The van der Waals surface area contributed by atoms with Gasteiger partial charge in [-0.3, -0.25) is 4.31 Å². The molecule has 1 N–H and O–H groups in total. The molecule has 2 heterocycles. The van der Waals surface area contributed by atoms with E-state index in [1.807, 2.05) is 18.7 Å². The summed E-state index contributed by atoms with van der Waals surface area (Å²) in [6, 6.07) is 5.99. The molecule has 2 aromatic rings. The second-order valence-electron chi connectivity index (χ2n) is 10.9. The highest BCUT2D eigenvalue weighted by Crippen LogP contribution is 2.28. The van der Waals surface area contributed by atoms with Crippen molar-refractivity contribution in [2.45, 2.75) is 65.5 Å². The molecule has 1 fully saturated rings. The lowest BCUT2D eigenvalue weighted by Crippen LogP contribution is -2.39. The summed E-state index contributed by atoms with van der Waals surface area (Å²) in [7, 11) is -2.25. The third-order valence-corrected chi connectivity index (χ3v) is 7.77. The van der Waals surface area contributed by atoms with Crippen LogP contribution in [0.2, 0.25) is 0 Å². The third-order valence-electron chi connectivity index (χ3n) is 6.57. The van der Waals surface area contributed by atoms with Crippen LogP contribution in [-0.2, 0) is 26.0 Å². The highest BCUT2D eigenvalue weighted by molar-refractivity contribution is 7.92. The molecular weight excluding hydrogens is 548 g/mol. The van der Waals surface area contributed by atoms with Gasteiger partial charge in [-0.2, -0.15) is 4.98 Å². The van der Waals surface area contributed by atoms with Crippen molar-refractivity contribution in [1.29, 1.82) is 0 Å². The van der Waals surface area contributed by atoms with Gasteiger partial charge < -0.3 is 24.6 Å². The minimum atomic E-state index is -3.65. The van der Waals surface area contributed by atoms with E-state index < -0.39 is 27.6 Å². The summed E-state index contributed by atoms with van der Waals surface area (Å²) in [5, 5.41) is 3.15. The van der Waals surface area contributed by atoms with Gasteiger partial charge in [-0.25, -0.2) is 23.0 Å². The van der Waals surface area contributed by atoms with E-state index in [2.05, 4.69) is 15.3 Å². The molecule has 41 heavy (non-hydrogen) atoms. The van der Waals surface area contributed by atoms with Crippen molar-refractivity contribution in [3.8, 4) is 5.75 Å². The minimum absolute atomic E-state index is 0.182. The van der Waals surface area contributed by atoms with Crippen LogP contribution in [0.15, 0.2) is 30.5 Å². The van der Waals surface area contributed by atoms with Crippen molar-refractivity contribution in [1.82, 2.24) is 14.9 Å². The molecular formula is C28H42N6O6S. The van der Waals surface area contributed by atoms with Gasteiger partial charge in [-0.15, -0.1) is 0 Å². The molecule has 3 rings (SSSR count). The number of likely N-dealkylation sites (tertiary alicyclic amines) is 1. The molecule has 1 aromatic carbocycles. The van der Waals surface area contributed by atoms with Gasteiger partial charge in [0.15, 0.2) is 5.82 Å². The highest BCUT2D eigenvalue weighted by Gasteiger charge is 2.29. The topological polar surface area (TPSA) is 134 Å². The summed E-state index contributed by atoms with van der Waals surface area (Å²) in [6.45, 7) is 11.9. The number of carbonyl (C=O) groups is 2. The van der Waals surface area contributed by atoms with E-state index in [1.165, 1.54) is 13.2 Å². The predicted molar refractivity (Wildman–Crippen MR) is 159 cm³/mol. The van der Waals surface area contributed by atoms with E-state index in [0.717, 1.165) is 29.0 Å². The number of amides is 1. The summed E-state index contributed by atoms with van der Waals surface area (Å²) in [5.74, 6) is 0.458. The molecule has 0 bridgehead atoms. The number of esters is 1. The second-order valence-corrected chi connectivity index (χ2v) is 13.0. The van der Waals surface area contributed by atoms with Crippen LogP contribution in [0.1, 0.15) is 53.0 Å². The van der Waals surface area contributed by atoms with Gasteiger partial charge in [0.25, 0.3) is 0 Å². The summed E-state index contributed by atoms with van der Waals surface area (Å²) >= 11 is 0. The largest absolute Gasteiger partial charge is 0.458 e. The number of sulfonamides is 1. The maximum Gasteiger partial charge on any atom is 0.415 e. The summed E-state index contributed by atoms with van der Waals surface area (Å²) < 4.78 is 37.1. The minimum Gasteiger partial charge on any atom is -0.458 e. The first kappa shape index (κ1) is 31.9. The Morgan fingerprint density at radius 3 is 2.24 bits per heavy atom. The number of nitrogens with zero attached hydrogens (tertiary/aromatic N) is 5. The van der Waals surface area contributed by atoms with Gasteiger partial charge in [0.1, 0.15) is 23.1 Å². The van der Waals surface area contributed by atoms with Crippen LogP contribution in [-0.4, -0.2) is 86.5 Å². The summed E-state index contributed by atoms with van der Waals surface area (Å²) in [4.78, 5) is 38.3. The first-order valence-corrected chi connectivity index (χ1v) is 15.7. The molecule has 1 aromatic heterocycles. The second kappa shape index (κ2) is 13.4. The first-order valence-electron chi connectivity index (χ1n) is 13.8. The van der Waals surface area contributed by atoms with Gasteiger partial charge in [-0.1, -0.05) is 12.1 Å². The maximum atomic E-state index is 13.4. The Hall–Kier alpha value is -3.61. The first-order chi connectivity index (χ1) is 19.2. The van der Waals surface area contributed by atoms with Crippen molar-refractivity contribution in [2.24, 2.45) is 0 Å². The molecule has 0 unspecified atom stereocenters. The van der Waals surface area contributed by atoms with E-state index >= 15 is 0 Å². The standard InChI is InChI=1S/C28H42N6O6S/c1-8-33(9-2)26-29-19-23(32(6)41(7,37)38)24(31-26)30-22(25(35)40-28(3,4)5)18-20-12-14-21(15-13-20)39-27(36)34-16-10-11-17-34/h12-15,19,22H,8-11,16-18H2,1-7H3,(H,29,30,31)/t22-/m0/s1. The normalized spacial score (nSPS) is 14.4. The number of rotatable bonds is 11. The van der Waals surface area contributed by atoms with Gasteiger partial charge in [0, 0.05) is 39.6 Å². The number of hydrogen-bond donors (Lipinski definition) is 1. The van der Waals surface area contributed by atoms with E-state index in [0.29, 0.717) is 37.9 Å². The molecule has 1 atom stereocenters. The van der Waals surface area contributed by atoms with Crippen LogP contribution >= 0.6 is 0 Å². The average Bonchev–Trinajstić information content (AvgIpc) is 3.44. The lowest BCUT2D eigenvalue weighted by atomic mass is 10.1. The van der Waals surface area contributed by atoms with E-state index in [4.69, 9.17) is 9.47 Å². The molecule has 1 amide bonds. The molecule has 0 spiro atoms. The quantitative estimate of drug-likeness (QED) is 0.386. The monoisotopic (exact) mass is 590 g/mol. The van der Waals surface area contributed by atoms with Crippen LogP contribution in [0.3, 0.4) is 0 Å². The SMILES string of the molecule is CCN(CC)c1ncc(N(C)S(C)(=O)=O)c(N[C@@H](Cc2ccc(OC(=O)N3CCCC3)cc2)C(=O)OC(C)(C)C)n1. The molecule has 1 aliphatic heterocycles. The van der Waals surface area contributed by atoms with Crippen LogP contribution in [0, 0.1) is 0 Å². The molecule has 12 nitrogen and oxygen atoms in total. The van der Waals surface area contributed by atoms with E-state index in [-0.39, 0.29) is 24.0 Å². The van der Waals surface area contributed by atoms with Gasteiger partial charge in [-0.05, 0) is 65.2 Å². The van der Waals surface area contributed by atoms with Crippen molar-refractivity contribution >= 4 is 39.5 Å². The predicted octanol–water partition coefficient (Wildman–Crippen LogP) is 3.68. The number of aromatic nitrogens is 2. The Morgan fingerprint density at radius 2 is 1.71 bits per heavy atom. The van der Waals surface area contributed by atoms with E-state index in [1.54, 1.807) is 49.9 Å². The number of hydrogen-bond acceptors (Lipinski definition) is 10. The van der Waals surface area contributed by atoms with Crippen LogP contribution < -0.4 is 19.3 Å². The average molecular weight is 591 g/mol. The number of benzene rings is 1. The molecule has 226 valence electrons. The van der Waals surface area contributed by atoms with Crippen molar-refractivity contribution in [3.63, 3.8) is 0 Å². The Balaban J connectivity index is 1.92. The zero-order chi connectivity index (χ0) is 30.4. The van der Waals surface area contributed by atoms with Gasteiger partial charge in [0.2, 0.25) is 16.0 Å². The summed E-state index contributed by atoms with van der Waals surface area (Å²) in [5.41, 5.74) is 0.209. The third kappa shape index (κ3) is 8.94. The fraction of sp³-hybridized carbons (Fsp3) is 0.571. The number of carbonyl (C=O) groups excluding carboxylic acids is 2. The summed E-state index contributed by atoms with van der Waals surface area (Å²) in [6.07, 6.45) is 4.27. The number of anilines is 3. The fourth-order valence-electron chi connectivity index (χ4n) is 4.27. The number of ether oxygens (including phenoxy) is 2. The smallest absolute Gasteiger partial charge is 0.415 e. The van der Waals surface area contributed by atoms with Crippen LogP contribution in [0.25, 0.3) is 0 Å². The molecule has 0 radical (unpaired) electrons. The lowest BCUT2D eigenvalue weighted by Gasteiger charge is -2.28. The highest BCUT2D eigenvalue weighted by atomic mass is 32.2. The fourth-order valence-corrected chi connectivity index (χ4v) is 4.76. The van der Waals surface area contributed by atoms with Crippen LogP contribution in [0.4, 0.5) is 22.2 Å². The van der Waals surface area contributed by atoms with Crippen molar-refractivity contribution in [3.05, 3.63) is 36.0 Å². The Kier molecular flexibility index (Phi) is 10.4. The maximum absolute atomic E-state index is 13.4. The molecule has 0 saturated carbocycles. The molecule has 13 heteroatoms. The Labute approximate surface area is 243 Å². The van der Waals surface area contributed by atoms with Crippen molar-refractivity contribution < 1.29 is 27.5 Å². The number of nitrogens with one attached hydrogen (secondary N) is 1. The van der Waals surface area contributed by atoms with Gasteiger partial charge in [0.05, 0.1) is 12.5 Å². The lowest BCUT2D eigenvalue weighted by molar-refractivity contribution is -0.155. The van der Waals surface area contributed by atoms with Gasteiger partial charge >= 0.3 is 12.1 Å².